The normalized spacial score (nSPS) is 19.2. The SMILES string of the molecule is C=O.C=O.CC.CC(C)C(C)c1cccc(F)c1N1CCC(CN2CCC(C)(C)CC2)CC1. The van der Waals surface area contributed by atoms with Crippen molar-refractivity contribution in [2.75, 3.05) is 37.6 Å². The standard InChI is InChI=1S/C24H39FN2.C2H6.2CH2O/c1-18(2)19(3)21-7-6-8-22(25)23(21)27-13-9-20(10-14-27)17-26-15-11-24(4,5)12-16-26;3*1-2/h6-8,18-20H,9-17H2,1-5H3;1-2H3;2*1H2. The second kappa shape index (κ2) is 16.0. The van der Waals surface area contributed by atoms with Gasteiger partial charge in [0.25, 0.3) is 0 Å². The van der Waals surface area contributed by atoms with Crippen molar-refractivity contribution in [3.8, 4) is 0 Å². The Labute approximate surface area is 202 Å². The van der Waals surface area contributed by atoms with Crippen molar-refractivity contribution in [3.05, 3.63) is 29.6 Å². The molecule has 1 unspecified atom stereocenters. The van der Waals surface area contributed by atoms with Crippen LogP contribution >= 0.6 is 0 Å². The topological polar surface area (TPSA) is 40.6 Å². The van der Waals surface area contributed by atoms with Gasteiger partial charge in [0.2, 0.25) is 0 Å². The van der Waals surface area contributed by atoms with Crippen LogP contribution in [0.5, 0.6) is 0 Å². The summed E-state index contributed by atoms with van der Waals surface area (Å²) < 4.78 is 14.8. The number of halogens is 1. The van der Waals surface area contributed by atoms with Crippen LogP contribution in [0.4, 0.5) is 10.1 Å². The van der Waals surface area contributed by atoms with E-state index in [1.54, 1.807) is 6.07 Å². The van der Waals surface area contributed by atoms with E-state index >= 15 is 0 Å². The van der Waals surface area contributed by atoms with Crippen molar-refractivity contribution in [2.45, 2.75) is 80.1 Å². The third-order valence-electron chi connectivity index (χ3n) is 7.17. The zero-order chi connectivity index (χ0) is 25.6. The molecule has 0 saturated carbocycles. The lowest BCUT2D eigenvalue weighted by Gasteiger charge is -2.41. The van der Waals surface area contributed by atoms with Gasteiger partial charge in [-0.15, -0.1) is 0 Å². The summed E-state index contributed by atoms with van der Waals surface area (Å²) in [5.74, 6) is 1.62. The number of likely N-dealkylation sites (tertiary alicyclic amines) is 1. The van der Waals surface area contributed by atoms with E-state index < -0.39 is 0 Å². The fraction of sp³-hybridized carbons (Fsp3) is 0.714. The van der Waals surface area contributed by atoms with E-state index in [2.05, 4.69) is 50.5 Å². The molecular weight excluding hydrogens is 415 g/mol. The van der Waals surface area contributed by atoms with Crippen molar-refractivity contribution in [3.63, 3.8) is 0 Å². The van der Waals surface area contributed by atoms with Crippen LogP contribution in [-0.4, -0.2) is 51.2 Å². The Kier molecular flexibility index (Phi) is 15.1. The van der Waals surface area contributed by atoms with Crippen LogP contribution in [0.3, 0.4) is 0 Å². The number of benzene rings is 1. The maximum absolute atomic E-state index is 14.8. The van der Waals surface area contributed by atoms with E-state index in [-0.39, 0.29) is 5.82 Å². The van der Waals surface area contributed by atoms with Crippen LogP contribution in [-0.2, 0) is 9.59 Å². The Morgan fingerprint density at radius 1 is 0.970 bits per heavy atom. The quantitative estimate of drug-likeness (QED) is 0.493. The molecule has 190 valence electrons. The molecule has 5 heteroatoms. The highest BCUT2D eigenvalue weighted by atomic mass is 19.1. The molecule has 0 amide bonds. The smallest absolute Gasteiger partial charge is 0.146 e. The predicted octanol–water partition coefficient (Wildman–Crippen LogP) is 6.58. The van der Waals surface area contributed by atoms with Crippen LogP contribution in [0.1, 0.15) is 85.6 Å². The zero-order valence-corrected chi connectivity index (χ0v) is 22.3. The number of para-hydroxylation sites is 1. The number of carbonyl (C=O) groups is 2. The summed E-state index contributed by atoms with van der Waals surface area (Å²) >= 11 is 0. The molecule has 4 nitrogen and oxygen atoms in total. The van der Waals surface area contributed by atoms with Gasteiger partial charge in [-0.1, -0.05) is 60.6 Å². The summed E-state index contributed by atoms with van der Waals surface area (Å²) in [6.07, 6.45) is 5.00. The number of hydrogen-bond donors (Lipinski definition) is 0. The van der Waals surface area contributed by atoms with Crippen LogP contribution in [0.15, 0.2) is 18.2 Å². The molecule has 0 spiro atoms. The first-order chi connectivity index (χ1) is 15.8. The van der Waals surface area contributed by atoms with E-state index in [4.69, 9.17) is 9.59 Å². The van der Waals surface area contributed by atoms with Crippen molar-refractivity contribution in [1.82, 2.24) is 4.90 Å². The molecular formula is C28H49FN2O2. The predicted molar refractivity (Wildman–Crippen MR) is 140 cm³/mol. The summed E-state index contributed by atoms with van der Waals surface area (Å²) in [5.41, 5.74) is 2.58. The second-order valence-corrected chi connectivity index (χ2v) is 10.1. The molecule has 33 heavy (non-hydrogen) atoms. The van der Waals surface area contributed by atoms with Crippen LogP contribution < -0.4 is 4.90 Å². The fourth-order valence-corrected chi connectivity index (χ4v) is 4.64. The van der Waals surface area contributed by atoms with Crippen molar-refractivity contribution < 1.29 is 14.0 Å². The summed E-state index contributed by atoms with van der Waals surface area (Å²) in [6, 6.07) is 5.63. The first kappa shape index (κ1) is 31.2. The lowest BCUT2D eigenvalue weighted by atomic mass is 9.82. The van der Waals surface area contributed by atoms with Gasteiger partial charge in [0.05, 0.1) is 5.69 Å². The van der Waals surface area contributed by atoms with E-state index in [9.17, 15) is 4.39 Å². The Balaban J connectivity index is 0.00000158. The molecule has 2 fully saturated rings. The Bertz CT molecular complexity index is 645. The van der Waals surface area contributed by atoms with Crippen molar-refractivity contribution >= 4 is 19.3 Å². The molecule has 1 aromatic carbocycles. The van der Waals surface area contributed by atoms with Crippen molar-refractivity contribution in [2.24, 2.45) is 17.3 Å². The molecule has 0 N–H and O–H groups in total. The molecule has 1 aromatic rings. The molecule has 0 aliphatic carbocycles. The lowest BCUT2D eigenvalue weighted by Crippen LogP contribution is -2.43. The minimum atomic E-state index is -0.0447. The largest absolute Gasteiger partial charge is 0.369 e. The number of piperidine rings is 2. The third-order valence-corrected chi connectivity index (χ3v) is 7.17. The number of rotatable bonds is 5. The van der Waals surface area contributed by atoms with Crippen LogP contribution in [0, 0.1) is 23.1 Å². The molecule has 3 rings (SSSR count). The average molecular weight is 465 g/mol. The fourth-order valence-electron chi connectivity index (χ4n) is 4.64. The van der Waals surface area contributed by atoms with Gasteiger partial charge >= 0.3 is 0 Å². The molecule has 1 atom stereocenters. The highest BCUT2D eigenvalue weighted by Gasteiger charge is 2.29. The van der Waals surface area contributed by atoms with Gasteiger partial charge in [0.15, 0.2) is 0 Å². The highest BCUT2D eigenvalue weighted by molar-refractivity contribution is 5.56. The molecule has 2 heterocycles. The molecule has 0 radical (unpaired) electrons. The second-order valence-electron chi connectivity index (χ2n) is 10.1. The maximum atomic E-state index is 14.8. The Hall–Kier alpha value is -1.75. The van der Waals surface area contributed by atoms with Crippen molar-refractivity contribution in [1.29, 1.82) is 0 Å². The van der Waals surface area contributed by atoms with E-state index in [1.807, 2.05) is 33.5 Å². The summed E-state index contributed by atoms with van der Waals surface area (Å²) in [6.45, 7) is 25.2. The van der Waals surface area contributed by atoms with Gasteiger partial charge in [-0.25, -0.2) is 4.39 Å². The minimum absolute atomic E-state index is 0.0447. The summed E-state index contributed by atoms with van der Waals surface area (Å²) in [7, 11) is 0. The van der Waals surface area contributed by atoms with Gasteiger partial charge in [-0.2, -0.15) is 0 Å². The third kappa shape index (κ3) is 9.56. The van der Waals surface area contributed by atoms with Gasteiger partial charge in [-0.3, -0.25) is 0 Å². The lowest BCUT2D eigenvalue weighted by molar-refractivity contribution is -0.0987. The molecule has 0 bridgehead atoms. The summed E-state index contributed by atoms with van der Waals surface area (Å²) in [5, 5.41) is 0. The first-order valence-electron chi connectivity index (χ1n) is 12.6. The number of hydrogen-bond acceptors (Lipinski definition) is 4. The first-order valence-corrected chi connectivity index (χ1v) is 12.6. The van der Waals surface area contributed by atoms with E-state index in [0.29, 0.717) is 17.3 Å². The molecule has 0 aromatic heterocycles. The number of carbonyl (C=O) groups excluding carboxylic acids is 2. The number of nitrogens with zero attached hydrogens (tertiary/aromatic N) is 2. The van der Waals surface area contributed by atoms with Gasteiger partial charge < -0.3 is 19.4 Å². The molecule has 2 aliphatic rings. The zero-order valence-electron chi connectivity index (χ0n) is 22.3. The van der Waals surface area contributed by atoms with Crippen LogP contribution in [0.25, 0.3) is 0 Å². The maximum Gasteiger partial charge on any atom is 0.146 e. The minimum Gasteiger partial charge on any atom is -0.369 e. The average Bonchev–Trinajstić information content (AvgIpc) is 2.84. The molecule has 2 aliphatic heterocycles. The Morgan fingerprint density at radius 2 is 1.48 bits per heavy atom. The van der Waals surface area contributed by atoms with E-state index in [0.717, 1.165) is 24.7 Å². The van der Waals surface area contributed by atoms with Crippen LogP contribution in [0.2, 0.25) is 0 Å². The van der Waals surface area contributed by atoms with E-state index in [1.165, 1.54) is 50.9 Å². The van der Waals surface area contributed by atoms with Gasteiger partial charge in [0, 0.05) is 19.6 Å². The van der Waals surface area contributed by atoms with Gasteiger partial charge in [-0.05, 0) is 73.6 Å². The number of anilines is 1. The van der Waals surface area contributed by atoms with Gasteiger partial charge in [0.1, 0.15) is 19.4 Å². The Morgan fingerprint density at radius 3 is 1.97 bits per heavy atom. The monoisotopic (exact) mass is 464 g/mol. The summed E-state index contributed by atoms with van der Waals surface area (Å²) in [4.78, 5) is 21.0. The highest BCUT2D eigenvalue weighted by Crippen LogP contribution is 2.36. The molecule has 2 saturated heterocycles.